The zero-order chi connectivity index (χ0) is 10.7. The minimum absolute atomic E-state index is 0.389. The molecule has 0 saturated heterocycles. The fourth-order valence-corrected chi connectivity index (χ4v) is 1.56. The smallest absolute Gasteiger partial charge is 0.128 e. The molecule has 0 fully saturated rings. The van der Waals surface area contributed by atoms with Gasteiger partial charge >= 0.3 is 0 Å². The second kappa shape index (κ2) is 4.31. The molecule has 0 spiro atoms. The van der Waals surface area contributed by atoms with Crippen molar-refractivity contribution in [2.75, 3.05) is 5.32 Å². The van der Waals surface area contributed by atoms with E-state index in [9.17, 15) is 8.78 Å². The van der Waals surface area contributed by atoms with Crippen LogP contribution in [0.5, 0.6) is 0 Å². The molecule has 15 heavy (non-hydrogen) atoms. The van der Waals surface area contributed by atoms with E-state index in [2.05, 4.69) is 14.9 Å². The lowest BCUT2D eigenvalue weighted by molar-refractivity contribution is 0.584. The minimum atomic E-state index is -0.603. The average molecular weight is 227 g/mol. The molecule has 78 valence electrons. The molecule has 0 atom stereocenters. The number of hydrogen-bond donors (Lipinski definition) is 1. The van der Waals surface area contributed by atoms with Crippen molar-refractivity contribution < 1.29 is 8.78 Å². The van der Waals surface area contributed by atoms with Crippen molar-refractivity contribution in [2.24, 2.45) is 0 Å². The van der Waals surface area contributed by atoms with Crippen LogP contribution in [0.1, 0.15) is 5.69 Å². The molecular formula is C9H7F2N3S. The van der Waals surface area contributed by atoms with E-state index in [1.54, 1.807) is 5.38 Å². The molecule has 0 amide bonds. The van der Waals surface area contributed by atoms with Gasteiger partial charge in [-0.2, -0.15) is 0 Å². The van der Waals surface area contributed by atoms with Crippen LogP contribution >= 0.6 is 11.5 Å². The van der Waals surface area contributed by atoms with Gasteiger partial charge in [-0.3, -0.25) is 0 Å². The van der Waals surface area contributed by atoms with Gasteiger partial charge in [-0.25, -0.2) is 8.78 Å². The summed E-state index contributed by atoms with van der Waals surface area (Å²) >= 11 is 1.23. The second-order valence-electron chi connectivity index (χ2n) is 2.91. The minimum Gasteiger partial charge on any atom is -0.379 e. The van der Waals surface area contributed by atoms with E-state index in [1.807, 2.05) is 0 Å². The van der Waals surface area contributed by atoms with Crippen LogP contribution in [0.25, 0.3) is 0 Å². The first-order valence-electron chi connectivity index (χ1n) is 4.20. The molecule has 0 unspecified atom stereocenters. The molecule has 0 aliphatic heterocycles. The number of aromatic nitrogens is 2. The monoisotopic (exact) mass is 227 g/mol. The number of anilines is 1. The van der Waals surface area contributed by atoms with E-state index in [0.717, 1.165) is 11.8 Å². The third-order valence-electron chi connectivity index (χ3n) is 1.74. The molecule has 0 radical (unpaired) electrons. The number of hydrogen-bond acceptors (Lipinski definition) is 4. The Morgan fingerprint density at radius 3 is 2.53 bits per heavy atom. The van der Waals surface area contributed by atoms with Gasteiger partial charge in [0.15, 0.2) is 0 Å². The highest BCUT2D eigenvalue weighted by atomic mass is 32.1. The van der Waals surface area contributed by atoms with Crippen molar-refractivity contribution in [3.63, 3.8) is 0 Å². The highest BCUT2D eigenvalue weighted by Crippen LogP contribution is 2.13. The molecular weight excluding hydrogens is 220 g/mol. The zero-order valence-corrected chi connectivity index (χ0v) is 8.39. The molecule has 0 aliphatic rings. The van der Waals surface area contributed by atoms with E-state index in [0.29, 0.717) is 12.2 Å². The Hall–Kier alpha value is -1.56. The van der Waals surface area contributed by atoms with Crippen LogP contribution in [0.2, 0.25) is 0 Å². The highest BCUT2D eigenvalue weighted by molar-refractivity contribution is 7.03. The van der Waals surface area contributed by atoms with Gasteiger partial charge in [-0.1, -0.05) is 4.49 Å². The quantitative estimate of drug-likeness (QED) is 0.875. The maximum Gasteiger partial charge on any atom is 0.128 e. The molecule has 1 N–H and O–H groups in total. The summed E-state index contributed by atoms with van der Waals surface area (Å²) in [5.74, 6) is -1.21. The van der Waals surface area contributed by atoms with Gasteiger partial charge in [0, 0.05) is 17.1 Å². The summed E-state index contributed by atoms with van der Waals surface area (Å²) in [6.07, 6.45) is 0. The fraction of sp³-hybridized carbons (Fsp3) is 0.111. The Balaban J connectivity index is 2.05. The maximum atomic E-state index is 12.8. The van der Waals surface area contributed by atoms with Gasteiger partial charge in [0.05, 0.1) is 12.2 Å². The second-order valence-corrected chi connectivity index (χ2v) is 3.52. The van der Waals surface area contributed by atoms with E-state index < -0.39 is 11.6 Å². The van der Waals surface area contributed by atoms with Gasteiger partial charge in [0.25, 0.3) is 0 Å². The topological polar surface area (TPSA) is 37.8 Å². The summed E-state index contributed by atoms with van der Waals surface area (Å²) in [6, 6.07) is 3.28. The van der Waals surface area contributed by atoms with Crippen LogP contribution in [0.3, 0.4) is 0 Å². The summed E-state index contributed by atoms with van der Waals surface area (Å²) in [4.78, 5) is 0. The summed E-state index contributed by atoms with van der Waals surface area (Å²) in [6.45, 7) is 0.402. The van der Waals surface area contributed by atoms with Crippen molar-refractivity contribution >= 4 is 17.2 Å². The fourth-order valence-electron chi connectivity index (χ4n) is 1.11. The van der Waals surface area contributed by atoms with Crippen LogP contribution in [0, 0.1) is 11.6 Å². The maximum absolute atomic E-state index is 12.8. The Morgan fingerprint density at radius 2 is 1.93 bits per heavy atom. The van der Waals surface area contributed by atoms with Crippen LogP contribution in [-0.2, 0) is 6.54 Å². The van der Waals surface area contributed by atoms with Gasteiger partial charge in [-0.05, 0) is 23.7 Å². The third kappa shape index (κ3) is 2.69. The lowest BCUT2D eigenvalue weighted by Gasteiger charge is -2.03. The molecule has 2 aromatic rings. The SMILES string of the molecule is Fc1cc(F)cc(NCc2csnn2)c1. The molecule has 3 nitrogen and oxygen atoms in total. The van der Waals surface area contributed by atoms with Crippen molar-refractivity contribution in [2.45, 2.75) is 6.54 Å². The number of benzene rings is 1. The van der Waals surface area contributed by atoms with Crippen LogP contribution < -0.4 is 5.32 Å². The predicted molar refractivity (Wildman–Crippen MR) is 53.6 cm³/mol. The summed E-state index contributed by atoms with van der Waals surface area (Å²) in [5.41, 5.74) is 1.13. The molecule has 1 heterocycles. The Bertz CT molecular complexity index is 424. The van der Waals surface area contributed by atoms with Crippen molar-refractivity contribution in [3.05, 3.63) is 40.9 Å². The van der Waals surface area contributed by atoms with Gasteiger partial charge < -0.3 is 5.32 Å². The molecule has 0 aliphatic carbocycles. The zero-order valence-electron chi connectivity index (χ0n) is 7.58. The van der Waals surface area contributed by atoms with Gasteiger partial charge in [-0.15, -0.1) is 5.10 Å². The van der Waals surface area contributed by atoms with Gasteiger partial charge in [0.1, 0.15) is 11.6 Å². The van der Waals surface area contributed by atoms with E-state index >= 15 is 0 Å². The average Bonchev–Trinajstić information content (AvgIpc) is 2.65. The van der Waals surface area contributed by atoms with Crippen molar-refractivity contribution in [1.29, 1.82) is 0 Å². The number of rotatable bonds is 3. The number of halogens is 2. The summed E-state index contributed by atoms with van der Waals surface area (Å²) < 4.78 is 29.2. The largest absolute Gasteiger partial charge is 0.379 e. The Labute approximate surface area is 88.9 Å². The molecule has 0 bridgehead atoms. The Kier molecular flexibility index (Phi) is 2.86. The lowest BCUT2D eigenvalue weighted by Crippen LogP contribution is -2.00. The molecule has 6 heteroatoms. The van der Waals surface area contributed by atoms with Crippen molar-refractivity contribution in [1.82, 2.24) is 9.59 Å². The molecule has 2 rings (SSSR count). The summed E-state index contributed by atoms with van der Waals surface area (Å²) in [5, 5.41) is 8.41. The molecule has 1 aromatic carbocycles. The first-order valence-corrected chi connectivity index (χ1v) is 5.03. The first kappa shape index (κ1) is 9.97. The van der Waals surface area contributed by atoms with Gasteiger partial charge in [0.2, 0.25) is 0 Å². The molecule has 0 saturated carbocycles. The standard InChI is InChI=1S/C9H7F2N3S/c10-6-1-7(11)3-8(2-6)12-4-9-5-15-14-13-9/h1-3,5,12H,4H2. The van der Waals surface area contributed by atoms with Crippen molar-refractivity contribution in [3.8, 4) is 0 Å². The first-order chi connectivity index (χ1) is 7.24. The van der Waals surface area contributed by atoms with Crippen LogP contribution in [0.4, 0.5) is 14.5 Å². The number of nitrogens with one attached hydrogen (secondary N) is 1. The third-order valence-corrected chi connectivity index (χ3v) is 2.29. The Morgan fingerprint density at radius 1 is 1.20 bits per heavy atom. The molecule has 1 aromatic heterocycles. The normalized spacial score (nSPS) is 10.3. The lowest BCUT2D eigenvalue weighted by atomic mass is 10.3. The van der Waals surface area contributed by atoms with Crippen LogP contribution in [-0.4, -0.2) is 9.59 Å². The summed E-state index contributed by atoms with van der Waals surface area (Å²) in [7, 11) is 0. The van der Waals surface area contributed by atoms with Crippen LogP contribution in [0.15, 0.2) is 23.6 Å². The van der Waals surface area contributed by atoms with E-state index in [4.69, 9.17) is 0 Å². The van der Waals surface area contributed by atoms with E-state index in [-0.39, 0.29) is 0 Å². The highest BCUT2D eigenvalue weighted by Gasteiger charge is 2.01. The predicted octanol–water partition coefficient (Wildman–Crippen LogP) is 2.43. The van der Waals surface area contributed by atoms with E-state index in [1.165, 1.54) is 23.7 Å². The number of nitrogens with zero attached hydrogens (tertiary/aromatic N) is 2.